The van der Waals surface area contributed by atoms with Crippen molar-refractivity contribution in [3.63, 3.8) is 0 Å². The number of rotatable bonds is 3. The molecule has 1 aromatic rings. The Morgan fingerprint density at radius 2 is 1.70 bits per heavy atom. The molecule has 94 valence electrons. The van der Waals surface area contributed by atoms with Gasteiger partial charge >= 0.3 is 0 Å². The lowest BCUT2D eigenvalue weighted by molar-refractivity contribution is 0.0811. The first-order chi connectivity index (χ1) is 8.88. The highest BCUT2D eigenvalue weighted by Crippen LogP contribution is 2.30. The van der Waals surface area contributed by atoms with Crippen LogP contribution >= 0.6 is 0 Å². The first kappa shape index (κ1) is 16.8. The second-order valence-electron chi connectivity index (χ2n) is 5.79. The van der Waals surface area contributed by atoms with Gasteiger partial charge in [-0.2, -0.15) is 5.26 Å². The first-order valence-electron chi connectivity index (χ1n) is 6.00. The van der Waals surface area contributed by atoms with Crippen LogP contribution in [0, 0.1) is 11.3 Å². The molecule has 1 aromatic carbocycles. The molecule has 0 aliphatic heterocycles. The summed E-state index contributed by atoms with van der Waals surface area (Å²) in [5.41, 5.74) is 1.04. The summed E-state index contributed by atoms with van der Waals surface area (Å²) in [5, 5.41) is 13.9. The van der Waals surface area contributed by atoms with E-state index in [0.717, 1.165) is 5.56 Å². The molecule has 0 aromatic heterocycles. The van der Waals surface area contributed by atoms with Crippen LogP contribution in [0.25, 0.3) is 0 Å². The van der Waals surface area contributed by atoms with E-state index in [1.807, 2.05) is 26.8 Å². The average molecular weight is 258 g/mol. The normalized spacial score (nSPS) is 12.8. The second kappa shape index (κ2) is 5.25. The van der Waals surface area contributed by atoms with Gasteiger partial charge in [0.25, 0.3) is 0 Å². The van der Waals surface area contributed by atoms with E-state index in [0.29, 0.717) is 0 Å². The van der Waals surface area contributed by atoms with Crippen LogP contribution in [0.15, 0.2) is 18.2 Å². The zero-order valence-electron chi connectivity index (χ0n) is 11.8. The number of benzene rings is 1. The quantitative estimate of drug-likeness (QED) is 0.789. The Kier molecular flexibility index (Phi) is 4.41. The third kappa shape index (κ3) is 3.64. The van der Waals surface area contributed by atoms with E-state index >= 15 is 0 Å². The molecule has 8 radical (unpaired) electrons. The molecule has 0 unspecified atom stereocenters. The van der Waals surface area contributed by atoms with E-state index in [-0.39, 0.29) is 16.7 Å². The highest BCUT2D eigenvalue weighted by Gasteiger charge is 2.35. The largest absolute Gasteiger partial charge is 0.504 e. The Bertz CT molecular complexity index is 539. The molecule has 0 aliphatic rings. The van der Waals surface area contributed by atoms with Crippen molar-refractivity contribution in [2.24, 2.45) is 0 Å². The average Bonchev–Trinajstić information content (AvgIpc) is 2.26. The topological polar surface area (TPSA) is 53.2 Å². The molecule has 0 fully saturated rings. The van der Waals surface area contributed by atoms with Crippen LogP contribution < -0.4 is 4.74 Å². The lowest BCUT2D eigenvalue weighted by atomic mass is 9.42. The summed E-state index contributed by atoms with van der Waals surface area (Å²) >= 11 is 0. The van der Waals surface area contributed by atoms with Crippen molar-refractivity contribution in [2.75, 3.05) is 0 Å². The Balaban J connectivity index is 3.20. The van der Waals surface area contributed by atoms with Gasteiger partial charge in [0.05, 0.1) is 5.56 Å². The highest BCUT2D eigenvalue weighted by molar-refractivity contribution is 6.53. The van der Waals surface area contributed by atoms with Gasteiger partial charge < -0.3 is 9.84 Å². The van der Waals surface area contributed by atoms with Gasteiger partial charge in [-0.25, -0.2) is 0 Å². The smallest absolute Gasteiger partial charge is 0.135 e. The summed E-state index contributed by atoms with van der Waals surface area (Å²) in [6.45, 7) is 6.04. The molecule has 0 saturated carbocycles. The zero-order valence-corrected chi connectivity index (χ0v) is 11.8. The van der Waals surface area contributed by atoms with E-state index < -0.39 is 10.8 Å². The number of nitriles is 1. The minimum atomic E-state index is -2.46. The van der Waals surface area contributed by atoms with Crippen molar-refractivity contribution in [3.8, 4) is 11.8 Å². The monoisotopic (exact) mass is 259 g/mol. The van der Waals surface area contributed by atoms with E-state index in [9.17, 15) is 10.4 Å². The van der Waals surface area contributed by atoms with Gasteiger partial charge in [-0.3, -0.25) is 0 Å². The predicted molar refractivity (Wildman–Crippen MR) is 81.2 cm³/mol. The van der Waals surface area contributed by atoms with Crippen LogP contribution in [0.5, 0.6) is 5.75 Å². The fourth-order valence-corrected chi connectivity index (χ4v) is 1.44. The Hall–Kier alpha value is -1.27. The molecule has 0 bridgehead atoms. The maximum atomic E-state index is 9.45. The van der Waals surface area contributed by atoms with Gasteiger partial charge in [0, 0.05) is 10.8 Å². The molecule has 0 heterocycles. The highest BCUT2D eigenvalue weighted by atomic mass is 16.5. The van der Waals surface area contributed by atoms with Gasteiger partial charge in [-0.1, -0.05) is 26.8 Å². The third-order valence-corrected chi connectivity index (χ3v) is 2.87. The summed E-state index contributed by atoms with van der Waals surface area (Å²) in [6.07, 6.45) is 0. The SMILES string of the molecule is [B]C([B])(O)C([B])([B])Oc1ccc(C(C)(C)C)cc1C#N. The Morgan fingerprint density at radius 3 is 2.10 bits per heavy atom. The van der Waals surface area contributed by atoms with Crippen LogP contribution in [0.2, 0.25) is 0 Å². The van der Waals surface area contributed by atoms with Gasteiger partial charge in [0.1, 0.15) is 43.2 Å². The first-order valence-corrected chi connectivity index (χ1v) is 6.00. The minimum absolute atomic E-state index is 0.0971. The fraction of sp³-hybridized carbons (Fsp3) is 0.462. The van der Waals surface area contributed by atoms with Crippen LogP contribution in [0.4, 0.5) is 0 Å². The maximum Gasteiger partial charge on any atom is 0.135 e. The number of ether oxygens (including phenoxy) is 1. The fourth-order valence-electron chi connectivity index (χ4n) is 1.44. The van der Waals surface area contributed by atoms with E-state index in [2.05, 4.69) is 0 Å². The standard InChI is InChI=1S/C13H13B4NO2/c1-11(2,3)9-4-5-10(8(6-9)7-18)20-13(16,17)12(14,15)19/h4-6,19H,1-3H3. The van der Waals surface area contributed by atoms with E-state index in [1.54, 1.807) is 18.2 Å². The molecule has 3 nitrogen and oxygen atoms in total. The lowest BCUT2D eigenvalue weighted by Crippen LogP contribution is -2.60. The van der Waals surface area contributed by atoms with Gasteiger partial charge in [0.15, 0.2) is 0 Å². The summed E-state index contributed by atoms with van der Waals surface area (Å²) in [5.74, 6) is 0.0971. The molecule has 0 amide bonds. The molecule has 1 rings (SSSR count). The second-order valence-corrected chi connectivity index (χ2v) is 5.79. The molecule has 0 spiro atoms. The van der Waals surface area contributed by atoms with Crippen LogP contribution in [-0.4, -0.2) is 47.3 Å². The molecule has 20 heavy (non-hydrogen) atoms. The number of aliphatic hydroxyl groups is 1. The summed E-state index contributed by atoms with van der Waals surface area (Å²) < 4.78 is 5.19. The lowest BCUT2D eigenvalue weighted by Gasteiger charge is -2.40. The van der Waals surface area contributed by atoms with Crippen LogP contribution in [0.1, 0.15) is 31.9 Å². The number of hydrogen-bond donors (Lipinski definition) is 1. The summed E-state index contributed by atoms with van der Waals surface area (Å²) in [4.78, 5) is 0. The number of nitrogens with zero attached hydrogens (tertiary/aromatic N) is 1. The van der Waals surface area contributed by atoms with Crippen molar-refractivity contribution < 1.29 is 9.84 Å². The predicted octanol–water partition coefficient (Wildman–Crippen LogP) is 0.208. The third-order valence-electron chi connectivity index (χ3n) is 2.87. The van der Waals surface area contributed by atoms with Crippen molar-refractivity contribution >= 4 is 31.4 Å². The Labute approximate surface area is 125 Å². The van der Waals surface area contributed by atoms with Crippen molar-refractivity contribution in [2.45, 2.75) is 37.0 Å². The molecule has 7 heteroatoms. The Morgan fingerprint density at radius 1 is 1.15 bits per heavy atom. The molecule has 1 N–H and O–H groups in total. The number of hydrogen-bond acceptors (Lipinski definition) is 3. The minimum Gasteiger partial charge on any atom is -0.504 e. The molecule has 0 aliphatic carbocycles. The zero-order chi connectivity index (χ0) is 15.8. The molecule has 0 atom stereocenters. The van der Waals surface area contributed by atoms with Crippen LogP contribution in [0.3, 0.4) is 0 Å². The maximum absolute atomic E-state index is 9.45. The van der Waals surface area contributed by atoms with E-state index in [1.165, 1.54) is 0 Å². The summed E-state index contributed by atoms with van der Waals surface area (Å²) in [7, 11) is 21.5. The van der Waals surface area contributed by atoms with Crippen molar-refractivity contribution in [3.05, 3.63) is 29.3 Å². The van der Waals surface area contributed by atoms with Crippen molar-refractivity contribution in [1.29, 1.82) is 5.26 Å². The van der Waals surface area contributed by atoms with Gasteiger partial charge in [-0.05, 0) is 23.1 Å². The van der Waals surface area contributed by atoms with Gasteiger partial charge in [0.2, 0.25) is 0 Å². The van der Waals surface area contributed by atoms with E-state index in [4.69, 9.17) is 36.1 Å². The molecular formula is C13H13B4NO2. The molecular weight excluding hydrogens is 245 g/mol. The summed E-state index contributed by atoms with van der Waals surface area (Å²) in [6, 6.07) is 6.96. The van der Waals surface area contributed by atoms with Crippen molar-refractivity contribution in [1.82, 2.24) is 0 Å². The molecule has 0 saturated heterocycles. The van der Waals surface area contributed by atoms with Gasteiger partial charge in [-0.15, -0.1) is 0 Å². The van der Waals surface area contributed by atoms with Crippen LogP contribution in [-0.2, 0) is 5.41 Å².